The first-order valence-electron chi connectivity index (χ1n) is 4.88. The molecule has 15 heavy (non-hydrogen) atoms. The van der Waals surface area contributed by atoms with Gasteiger partial charge in [0.2, 0.25) is 0 Å². The first-order valence-corrected chi connectivity index (χ1v) is 4.88. The van der Waals surface area contributed by atoms with Gasteiger partial charge < -0.3 is 18.9 Å². The molecule has 2 fully saturated rings. The van der Waals surface area contributed by atoms with Gasteiger partial charge in [-0.1, -0.05) is 0 Å². The lowest BCUT2D eigenvalue weighted by atomic mass is 10.3. The van der Waals surface area contributed by atoms with E-state index in [1.54, 1.807) is 0 Å². The van der Waals surface area contributed by atoms with E-state index in [0.29, 0.717) is 26.4 Å². The number of carbonyl (C=O) groups excluding carboxylic acids is 2. The predicted octanol–water partition coefficient (Wildman–Crippen LogP) is 1.48. The molecule has 0 unspecified atom stereocenters. The van der Waals surface area contributed by atoms with Crippen LogP contribution in [0.25, 0.3) is 0 Å². The minimum atomic E-state index is -0.536. The number of hydrogen-bond donors (Lipinski definition) is 0. The fraction of sp³-hybridized carbons (Fsp3) is 0.778. The Morgan fingerprint density at radius 2 is 0.933 bits per heavy atom. The zero-order valence-electron chi connectivity index (χ0n) is 8.40. The molecule has 2 saturated heterocycles. The third kappa shape index (κ3) is 5.77. The van der Waals surface area contributed by atoms with Gasteiger partial charge in [-0.2, -0.15) is 0 Å². The normalized spacial score (nSPS) is 20.5. The molecular weight excluding hydrogens is 204 g/mol. The molecule has 0 atom stereocenters. The van der Waals surface area contributed by atoms with Crippen LogP contribution in [0, 0.1) is 0 Å². The molecule has 0 spiro atoms. The minimum Gasteiger partial charge on any atom is -0.434 e. The van der Waals surface area contributed by atoms with Gasteiger partial charge in [-0.05, 0) is 12.8 Å². The molecule has 2 rings (SSSR count). The molecule has 0 bridgehead atoms. The van der Waals surface area contributed by atoms with Crippen LogP contribution in [0.3, 0.4) is 0 Å². The highest BCUT2D eigenvalue weighted by Gasteiger charge is 2.07. The summed E-state index contributed by atoms with van der Waals surface area (Å²) in [5.74, 6) is 0. The largest absolute Gasteiger partial charge is 0.508 e. The van der Waals surface area contributed by atoms with Crippen LogP contribution in [0.1, 0.15) is 19.3 Å². The molecule has 0 saturated carbocycles. The van der Waals surface area contributed by atoms with Crippen molar-refractivity contribution in [3.63, 3.8) is 0 Å². The Morgan fingerprint density at radius 3 is 1.27 bits per heavy atom. The lowest BCUT2D eigenvalue weighted by Crippen LogP contribution is -2.16. The summed E-state index contributed by atoms with van der Waals surface area (Å²) in [5, 5.41) is 0. The number of cyclic esters (lactones) is 4. The molecule has 2 heterocycles. The van der Waals surface area contributed by atoms with Crippen molar-refractivity contribution in [2.45, 2.75) is 19.3 Å². The third-order valence-electron chi connectivity index (χ3n) is 1.71. The maximum Gasteiger partial charge on any atom is 0.508 e. The Labute approximate surface area is 87.4 Å². The number of rotatable bonds is 0. The number of hydrogen-bond acceptors (Lipinski definition) is 6. The van der Waals surface area contributed by atoms with Gasteiger partial charge >= 0.3 is 12.3 Å². The van der Waals surface area contributed by atoms with Crippen LogP contribution in [0.4, 0.5) is 9.59 Å². The zero-order chi connectivity index (χ0) is 10.9. The second kappa shape index (κ2) is 6.92. The summed E-state index contributed by atoms with van der Waals surface area (Å²) in [4.78, 5) is 20.3. The Hall–Kier alpha value is -1.46. The Kier molecular flexibility index (Phi) is 5.35. The molecule has 86 valence electrons. The molecule has 0 aromatic rings. The smallest absolute Gasteiger partial charge is 0.434 e. The van der Waals surface area contributed by atoms with Crippen molar-refractivity contribution >= 4 is 12.3 Å². The van der Waals surface area contributed by atoms with E-state index in [1.165, 1.54) is 0 Å². The van der Waals surface area contributed by atoms with E-state index in [4.69, 9.17) is 0 Å². The molecule has 6 nitrogen and oxygen atoms in total. The van der Waals surface area contributed by atoms with Crippen molar-refractivity contribution in [2.75, 3.05) is 26.4 Å². The van der Waals surface area contributed by atoms with Crippen molar-refractivity contribution in [1.29, 1.82) is 0 Å². The molecule has 0 aromatic heterocycles. The van der Waals surface area contributed by atoms with Gasteiger partial charge in [-0.25, -0.2) is 9.59 Å². The topological polar surface area (TPSA) is 71.1 Å². The summed E-state index contributed by atoms with van der Waals surface area (Å²) in [7, 11) is 0. The van der Waals surface area contributed by atoms with Crippen LogP contribution in [0.15, 0.2) is 0 Å². The summed E-state index contributed by atoms with van der Waals surface area (Å²) >= 11 is 0. The van der Waals surface area contributed by atoms with E-state index in [-0.39, 0.29) is 0 Å². The fourth-order valence-electron chi connectivity index (χ4n) is 0.968. The Bertz CT molecular complexity index is 197. The van der Waals surface area contributed by atoms with E-state index >= 15 is 0 Å². The van der Waals surface area contributed by atoms with Crippen molar-refractivity contribution in [3.8, 4) is 0 Å². The van der Waals surface area contributed by atoms with E-state index < -0.39 is 12.3 Å². The molecule has 0 aliphatic carbocycles. The van der Waals surface area contributed by atoms with Crippen LogP contribution in [0.5, 0.6) is 0 Å². The lowest BCUT2D eigenvalue weighted by Gasteiger charge is -2.09. The second-order valence-corrected chi connectivity index (χ2v) is 2.95. The van der Waals surface area contributed by atoms with Gasteiger partial charge in [0.15, 0.2) is 0 Å². The second-order valence-electron chi connectivity index (χ2n) is 2.95. The molecule has 2 aliphatic rings. The highest BCUT2D eigenvalue weighted by atomic mass is 16.7. The van der Waals surface area contributed by atoms with Gasteiger partial charge in [0.1, 0.15) is 0 Å². The van der Waals surface area contributed by atoms with E-state index in [2.05, 4.69) is 18.9 Å². The summed E-state index contributed by atoms with van der Waals surface area (Å²) in [6.07, 6.45) is 1.61. The Balaban J connectivity index is 0.000000151. The van der Waals surface area contributed by atoms with Crippen LogP contribution in [0.2, 0.25) is 0 Å². The average molecular weight is 218 g/mol. The van der Waals surface area contributed by atoms with E-state index in [9.17, 15) is 9.59 Å². The fourth-order valence-corrected chi connectivity index (χ4v) is 0.968. The standard InChI is InChI=1S/C5H8O3.C4H6O3/c6-5-7-3-1-2-4-8-5;5-4-6-2-1-3-7-4/h1-4H2;1-3H2. The quantitative estimate of drug-likeness (QED) is 0.573. The summed E-state index contributed by atoms with van der Waals surface area (Å²) in [6, 6.07) is 0. The predicted molar refractivity (Wildman–Crippen MR) is 48.5 cm³/mol. The molecule has 0 aromatic carbocycles. The minimum absolute atomic E-state index is 0.513. The molecular formula is C9H14O6. The van der Waals surface area contributed by atoms with Crippen LogP contribution < -0.4 is 0 Å². The van der Waals surface area contributed by atoms with Gasteiger partial charge in [-0.3, -0.25) is 0 Å². The van der Waals surface area contributed by atoms with Gasteiger partial charge in [0, 0.05) is 6.42 Å². The third-order valence-corrected chi connectivity index (χ3v) is 1.71. The maximum absolute atomic E-state index is 10.2. The molecule has 0 radical (unpaired) electrons. The molecule has 2 aliphatic heterocycles. The van der Waals surface area contributed by atoms with Crippen LogP contribution >= 0.6 is 0 Å². The molecule has 6 heteroatoms. The van der Waals surface area contributed by atoms with Crippen molar-refractivity contribution < 1.29 is 28.5 Å². The highest BCUT2D eigenvalue weighted by Crippen LogP contribution is 1.99. The SMILES string of the molecule is O=C1OCCCCO1.O=C1OCCCO1. The summed E-state index contributed by atoms with van der Waals surface area (Å²) < 4.78 is 17.9. The van der Waals surface area contributed by atoms with Gasteiger partial charge in [-0.15, -0.1) is 0 Å². The Morgan fingerprint density at radius 1 is 0.600 bits per heavy atom. The number of carbonyl (C=O) groups is 2. The number of ether oxygens (including phenoxy) is 4. The van der Waals surface area contributed by atoms with Crippen LogP contribution in [-0.4, -0.2) is 38.7 Å². The first kappa shape index (κ1) is 11.6. The average Bonchev–Trinajstić information content (AvgIpc) is 2.48. The van der Waals surface area contributed by atoms with E-state index in [0.717, 1.165) is 19.3 Å². The molecule has 0 amide bonds. The van der Waals surface area contributed by atoms with Gasteiger partial charge in [0.05, 0.1) is 26.4 Å². The molecule has 0 N–H and O–H groups in total. The highest BCUT2D eigenvalue weighted by molar-refractivity contribution is 5.60. The first-order chi connectivity index (χ1) is 7.29. The van der Waals surface area contributed by atoms with Crippen molar-refractivity contribution in [3.05, 3.63) is 0 Å². The lowest BCUT2D eigenvalue weighted by molar-refractivity contribution is 0.0192. The van der Waals surface area contributed by atoms with E-state index in [1.807, 2.05) is 0 Å². The summed E-state index contributed by atoms with van der Waals surface area (Å²) in [5.41, 5.74) is 0. The van der Waals surface area contributed by atoms with Gasteiger partial charge in [0.25, 0.3) is 0 Å². The van der Waals surface area contributed by atoms with Crippen LogP contribution in [-0.2, 0) is 18.9 Å². The zero-order valence-corrected chi connectivity index (χ0v) is 8.40. The van der Waals surface area contributed by atoms with Crippen molar-refractivity contribution in [2.24, 2.45) is 0 Å². The van der Waals surface area contributed by atoms with Crippen molar-refractivity contribution in [1.82, 2.24) is 0 Å². The summed E-state index contributed by atoms with van der Waals surface area (Å²) in [6.45, 7) is 2.05. The monoisotopic (exact) mass is 218 g/mol. The maximum atomic E-state index is 10.2.